The van der Waals surface area contributed by atoms with Crippen LogP contribution in [0.1, 0.15) is 28.2 Å². The molecule has 2 heterocycles. The van der Waals surface area contributed by atoms with Crippen LogP contribution in [0.4, 0.5) is 0 Å². The SMILES string of the molecule is Cn1nccc1-c1nc2c(s1)C(=O)CCC2. The summed E-state index contributed by atoms with van der Waals surface area (Å²) in [7, 11) is 1.89. The molecule has 0 saturated carbocycles. The second-order valence-corrected chi connectivity index (χ2v) is 4.91. The van der Waals surface area contributed by atoms with Crippen LogP contribution < -0.4 is 0 Å². The summed E-state index contributed by atoms with van der Waals surface area (Å²) in [6.07, 6.45) is 4.27. The number of hydrogen-bond acceptors (Lipinski definition) is 4. The number of carbonyl (C=O) groups is 1. The molecule has 0 amide bonds. The van der Waals surface area contributed by atoms with Crippen LogP contribution in [-0.2, 0) is 13.5 Å². The molecule has 0 spiro atoms. The molecule has 0 bridgehead atoms. The predicted octanol–water partition coefficient (Wildman–Crippen LogP) is 2.06. The van der Waals surface area contributed by atoms with E-state index >= 15 is 0 Å². The lowest BCUT2D eigenvalue weighted by molar-refractivity contribution is 0.0976. The predicted molar refractivity (Wildman–Crippen MR) is 61.6 cm³/mol. The molecule has 2 aromatic rings. The topological polar surface area (TPSA) is 47.8 Å². The number of rotatable bonds is 1. The van der Waals surface area contributed by atoms with E-state index in [0.717, 1.165) is 34.1 Å². The number of hydrogen-bond donors (Lipinski definition) is 0. The first-order valence-corrected chi connectivity index (χ1v) is 6.08. The van der Waals surface area contributed by atoms with Gasteiger partial charge in [0, 0.05) is 19.7 Å². The van der Waals surface area contributed by atoms with Gasteiger partial charge in [-0.05, 0) is 18.9 Å². The van der Waals surface area contributed by atoms with Gasteiger partial charge < -0.3 is 0 Å². The van der Waals surface area contributed by atoms with Crippen molar-refractivity contribution in [2.24, 2.45) is 7.05 Å². The molecular formula is C11H11N3OS. The molecule has 0 atom stereocenters. The maximum absolute atomic E-state index is 11.7. The van der Waals surface area contributed by atoms with E-state index in [1.165, 1.54) is 11.3 Å². The van der Waals surface area contributed by atoms with Crippen LogP contribution in [0.25, 0.3) is 10.7 Å². The van der Waals surface area contributed by atoms with Gasteiger partial charge in [0.1, 0.15) is 5.01 Å². The van der Waals surface area contributed by atoms with E-state index in [1.54, 1.807) is 10.9 Å². The zero-order valence-corrected chi connectivity index (χ0v) is 9.75. The second-order valence-electron chi connectivity index (χ2n) is 3.91. The molecule has 0 saturated heterocycles. The first-order valence-electron chi connectivity index (χ1n) is 5.27. The van der Waals surface area contributed by atoms with Crippen molar-refractivity contribution in [3.63, 3.8) is 0 Å². The largest absolute Gasteiger partial charge is 0.293 e. The van der Waals surface area contributed by atoms with Crippen molar-refractivity contribution in [1.82, 2.24) is 14.8 Å². The first kappa shape index (κ1) is 9.72. The Labute approximate surface area is 96.9 Å². The van der Waals surface area contributed by atoms with Crippen molar-refractivity contribution in [1.29, 1.82) is 0 Å². The van der Waals surface area contributed by atoms with Gasteiger partial charge in [-0.15, -0.1) is 11.3 Å². The lowest BCUT2D eigenvalue weighted by Crippen LogP contribution is -2.07. The van der Waals surface area contributed by atoms with Crippen molar-refractivity contribution < 1.29 is 4.79 Å². The molecule has 0 unspecified atom stereocenters. The van der Waals surface area contributed by atoms with E-state index in [9.17, 15) is 4.79 Å². The maximum atomic E-state index is 11.7. The lowest BCUT2D eigenvalue weighted by atomic mass is 10.0. The highest BCUT2D eigenvalue weighted by Crippen LogP contribution is 2.32. The molecule has 16 heavy (non-hydrogen) atoms. The number of aryl methyl sites for hydroxylation is 2. The second kappa shape index (κ2) is 3.52. The molecule has 2 aromatic heterocycles. The first-order chi connectivity index (χ1) is 7.75. The smallest absolute Gasteiger partial charge is 0.174 e. The van der Waals surface area contributed by atoms with Gasteiger partial charge in [-0.3, -0.25) is 9.48 Å². The summed E-state index contributed by atoms with van der Waals surface area (Å²) in [6.45, 7) is 0. The van der Waals surface area contributed by atoms with Gasteiger partial charge in [-0.2, -0.15) is 5.10 Å². The van der Waals surface area contributed by atoms with E-state index in [0.29, 0.717) is 6.42 Å². The van der Waals surface area contributed by atoms with Gasteiger partial charge in [0.05, 0.1) is 16.3 Å². The fourth-order valence-electron chi connectivity index (χ4n) is 1.96. The van der Waals surface area contributed by atoms with Crippen molar-refractivity contribution >= 4 is 17.1 Å². The van der Waals surface area contributed by atoms with Crippen molar-refractivity contribution in [2.45, 2.75) is 19.3 Å². The summed E-state index contributed by atoms with van der Waals surface area (Å²) < 4.78 is 1.79. The average Bonchev–Trinajstić information content (AvgIpc) is 2.84. The summed E-state index contributed by atoms with van der Waals surface area (Å²) >= 11 is 1.49. The Kier molecular flexibility index (Phi) is 2.14. The minimum absolute atomic E-state index is 0.243. The number of thiazole rings is 1. The minimum Gasteiger partial charge on any atom is -0.293 e. The quantitative estimate of drug-likeness (QED) is 0.757. The molecular weight excluding hydrogens is 222 g/mol. The summed E-state index contributed by atoms with van der Waals surface area (Å²) in [4.78, 5) is 17.1. The maximum Gasteiger partial charge on any atom is 0.174 e. The molecule has 1 aliphatic carbocycles. The van der Waals surface area contributed by atoms with Crippen LogP contribution >= 0.6 is 11.3 Å². The molecule has 82 valence electrons. The van der Waals surface area contributed by atoms with E-state index in [4.69, 9.17) is 0 Å². The standard InChI is InChI=1S/C11H11N3OS/c1-14-8(5-6-12-14)11-13-7-3-2-4-9(15)10(7)16-11/h5-6H,2-4H2,1H3. The fourth-order valence-corrected chi connectivity index (χ4v) is 3.10. The van der Waals surface area contributed by atoms with Crippen LogP contribution in [0.15, 0.2) is 12.3 Å². The molecule has 4 nitrogen and oxygen atoms in total. The third-order valence-corrected chi connectivity index (χ3v) is 3.97. The van der Waals surface area contributed by atoms with Gasteiger partial charge in [0.2, 0.25) is 0 Å². The average molecular weight is 233 g/mol. The van der Waals surface area contributed by atoms with E-state index in [2.05, 4.69) is 10.1 Å². The molecule has 5 heteroatoms. The molecule has 0 aromatic carbocycles. The van der Waals surface area contributed by atoms with Gasteiger partial charge in [0.25, 0.3) is 0 Å². The van der Waals surface area contributed by atoms with Crippen LogP contribution in [0.2, 0.25) is 0 Å². The molecule has 0 radical (unpaired) electrons. The zero-order chi connectivity index (χ0) is 11.1. The number of Topliss-reactive ketones (excluding diaryl/α,β-unsaturated/α-hetero) is 1. The Morgan fingerprint density at radius 1 is 1.44 bits per heavy atom. The molecule has 3 rings (SSSR count). The van der Waals surface area contributed by atoms with Gasteiger partial charge >= 0.3 is 0 Å². The van der Waals surface area contributed by atoms with Gasteiger partial charge in [-0.1, -0.05) is 0 Å². The Morgan fingerprint density at radius 2 is 2.31 bits per heavy atom. The number of ketones is 1. The van der Waals surface area contributed by atoms with Crippen molar-refractivity contribution in [3.05, 3.63) is 22.8 Å². The van der Waals surface area contributed by atoms with Crippen molar-refractivity contribution in [2.75, 3.05) is 0 Å². The van der Waals surface area contributed by atoms with E-state index in [1.807, 2.05) is 13.1 Å². The van der Waals surface area contributed by atoms with Crippen LogP contribution in [0, 0.1) is 0 Å². The highest BCUT2D eigenvalue weighted by atomic mass is 32.1. The summed E-state index contributed by atoms with van der Waals surface area (Å²) in [6, 6.07) is 1.93. The molecule has 0 N–H and O–H groups in total. The fraction of sp³-hybridized carbons (Fsp3) is 0.364. The molecule has 0 fully saturated rings. The third-order valence-electron chi connectivity index (χ3n) is 2.81. The van der Waals surface area contributed by atoms with Gasteiger partial charge in [-0.25, -0.2) is 4.98 Å². The molecule has 0 aliphatic heterocycles. The highest BCUT2D eigenvalue weighted by Gasteiger charge is 2.23. The van der Waals surface area contributed by atoms with E-state index < -0.39 is 0 Å². The Balaban J connectivity index is 2.11. The Bertz CT molecular complexity index is 555. The van der Waals surface area contributed by atoms with Crippen LogP contribution in [-0.4, -0.2) is 20.5 Å². The van der Waals surface area contributed by atoms with Crippen LogP contribution in [0.3, 0.4) is 0 Å². The number of nitrogens with zero attached hydrogens (tertiary/aromatic N) is 3. The van der Waals surface area contributed by atoms with E-state index in [-0.39, 0.29) is 5.78 Å². The molecule has 1 aliphatic rings. The number of fused-ring (bicyclic) bond motifs is 1. The number of carbonyl (C=O) groups excluding carboxylic acids is 1. The lowest BCUT2D eigenvalue weighted by Gasteiger charge is -2.06. The Morgan fingerprint density at radius 3 is 3.00 bits per heavy atom. The monoisotopic (exact) mass is 233 g/mol. The number of aromatic nitrogens is 3. The highest BCUT2D eigenvalue weighted by molar-refractivity contribution is 7.17. The summed E-state index contributed by atoms with van der Waals surface area (Å²) in [5.41, 5.74) is 1.95. The van der Waals surface area contributed by atoms with Gasteiger partial charge in [0.15, 0.2) is 5.78 Å². The third kappa shape index (κ3) is 1.39. The summed E-state index contributed by atoms with van der Waals surface area (Å²) in [5.74, 6) is 0.243. The summed E-state index contributed by atoms with van der Waals surface area (Å²) in [5, 5.41) is 5.02. The van der Waals surface area contributed by atoms with Crippen LogP contribution in [0.5, 0.6) is 0 Å². The minimum atomic E-state index is 0.243. The van der Waals surface area contributed by atoms with Crippen molar-refractivity contribution in [3.8, 4) is 10.7 Å². The zero-order valence-electron chi connectivity index (χ0n) is 8.93. The Hall–Kier alpha value is -1.49. The normalized spacial score (nSPS) is 15.2.